The maximum Gasteiger partial charge on any atom is 0.407 e. The molecule has 4 amide bonds. The van der Waals surface area contributed by atoms with E-state index in [0.29, 0.717) is 23.7 Å². The zero-order valence-electron chi connectivity index (χ0n) is 47.6. The molecule has 4 saturated carbocycles. The molecule has 0 heterocycles. The van der Waals surface area contributed by atoms with E-state index < -0.39 is 59.6 Å². The molecule has 5 N–H and O–H groups in total. The van der Waals surface area contributed by atoms with E-state index in [1.54, 1.807) is 34.8 Å². The van der Waals surface area contributed by atoms with Crippen LogP contribution >= 0.6 is 0 Å². The molecule has 4 aliphatic carbocycles. The fraction of sp³-hybridized carbons (Fsp3) is 0.855. The van der Waals surface area contributed by atoms with Gasteiger partial charge in [0.25, 0.3) is 11.8 Å². The van der Waals surface area contributed by atoms with Crippen molar-refractivity contribution in [2.24, 2.45) is 23.7 Å². The van der Waals surface area contributed by atoms with Crippen LogP contribution in [0.2, 0.25) is 0 Å². The van der Waals surface area contributed by atoms with Gasteiger partial charge in [0.1, 0.15) is 17.8 Å². The molecule has 4 rings (SSSR count). The number of nitrogens with one attached hydrogen (secondary N) is 4. The lowest BCUT2D eigenvalue weighted by Crippen LogP contribution is -2.51. The summed E-state index contributed by atoms with van der Waals surface area (Å²) in [6, 6.07) is 0.393. The first-order chi connectivity index (χ1) is 35.7. The first-order valence-corrected chi connectivity index (χ1v) is 27.7. The van der Waals surface area contributed by atoms with Crippen LogP contribution in [-0.2, 0) is 66.7 Å². The van der Waals surface area contributed by atoms with Crippen molar-refractivity contribution in [2.45, 2.75) is 251 Å². The highest BCUT2D eigenvalue weighted by atomic mass is 16.7. The van der Waals surface area contributed by atoms with Crippen molar-refractivity contribution in [3.05, 3.63) is 0 Å². The smallest absolute Gasteiger partial charge is 0.407 e. The van der Waals surface area contributed by atoms with Crippen molar-refractivity contribution in [3.8, 4) is 0 Å². The molecule has 21 heteroatoms. The third-order valence-corrected chi connectivity index (χ3v) is 15.4. The van der Waals surface area contributed by atoms with Gasteiger partial charge in [-0.3, -0.25) is 14.4 Å². The summed E-state index contributed by atoms with van der Waals surface area (Å²) in [5.41, 5.74) is -2.48. The molecule has 0 saturated heterocycles. The summed E-state index contributed by atoms with van der Waals surface area (Å²) < 4.78 is 41.4. The number of Topliss-reactive ketones (excluding diaryl/α,β-unsaturated/α-hetero) is 1. The predicted octanol–water partition coefficient (Wildman–Crippen LogP) is 7.22. The van der Waals surface area contributed by atoms with Gasteiger partial charge in [-0.25, -0.2) is 24.0 Å². The standard InChI is InChI=1S/C30H52N2O10.C25H42N2O7/c1-19(38-7)17-39-29(36)32-25-14-10-23(11-15-25)16-22-8-12-24(13-9-22)31-28(35)30(4,5)42-21(3)27(34)41-20(2)26(33)40-18-37-6;1-15(28)16(2)33-22(29)17(3)34-25(4,5)23(30)26-20-10-6-18(7-11-20)14-19-8-12-21(13-9-19)27-24(31)32/h19-25H,8-18H2,1-7H3,(H,31,35)(H,32,36);16-21,27H,6-14H2,1-5H3,(H,26,30)(H,31,32). The van der Waals surface area contributed by atoms with Gasteiger partial charge in [0.15, 0.2) is 37.0 Å². The van der Waals surface area contributed by atoms with Crippen molar-refractivity contribution in [1.82, 2.24) is 21.3 Å². The monoisotopic (exact) mass is 1080 g/mol. The number of ketones is 1. The van der Waals surface area contributed by atoms with Crippen LogP contribution in [0, 0.1) is 23.7 Å². The highest BCUT2D eigenvalue weighted by Crippen LogP contribution is 2.37. The van der Waals surface area contributed by atoms with Gasteiger partial charge in [-0.05, 0) is 208 Å². The van der Waals surface area contributed by atoms with Gasteiger partial charge in [0, 0.05) is 38.4 Å². The summed E-state index contributed by atoms with van der Waals surface area (Å²) in [6.07, 6.45) is 12.8. The van der Waals surface area contributed by atoms with Crippen molar-refractivity contribution in [1.29, 1.82) is 0 Å². The number of methoxy groups -OCH3 is 2. The topological polar surface area (TPSA) is 279 Å². The number of carbonyl (C=O) groups excluding carboxylic acids is 7. The maximum atomic E-state index is 13.0. The van der Waals surface area contributed by atoms with Gasteiger partial charge in [-0.1, -0.05) is 0 Å². The van der Waals surface area contributed by atoms with Crippen LogP contribution < -0.4 is 21.3 Å². The number of amides is 4. The summed E-state index contributed by atoms with van der Waals surface area (Å²) in [6.45, 7) is 15.6. The summed E-state index contributed by atoms with van der Waals surface area (Å²) in [4.78, 5) is 96.3. The van der Waals surface area contributed by atoms with Crippen LogP contribution in [0.15, 0.2) is 0 Å². The minimum Gasteiger partial charge on any atom is -0.465 e. The van der Waals surface area contributed by atoms with Crippen LogP contribution in [0.3, 0.4) is 0 Å². The number of carbonyl (C=O) groups is 8. The highest BCUT2D eigenvalue weighted by Gasteiger charge is 2.38. The fourth-order valence-electron chi connectivity index (χ4n) is 10.5. The third-order valence-electron chi connectivity index (χ3n) is 15.4. The minimum absolute atomic E-state index is 0.0567. The third kappa shape index (κ3) is 24.0. The molecular weight excluding hydrogens is 989 g/mol. The molecule has 76 heavy (non-hydrogen) atoms. The van der Waals surface area contributed by atoms with E-state index in [1.165, 1.54) is 54.6 Å². The lowest BCUT2D eigenvalue weighted by atomic mass is 9.75. The lowest BCUT2D eigenvalue weighted by molar-refractivity contribution is -0.184. The Morgan fingerprint density at radius 1 is 0.487 bits per heavy atom. The Balaban J connectivity index is 0.000000409. The van der Waals surface area contributed by atoms with Crippen molar-refractivity contribution < 1.29 is 81.4 Å². The van der Waals surface area contributed by atoms with Crippen LogP contribution in [0.1, 0.15) is 185 Å². The Kier molecular flexibility index (Phi) is 27.9. The van der Waals surface area contributed by atoms with Crippen LogP contribution in [-0.4, -0.2) is 146 Å². The molecule has 0 spiro atoms. The lowest BCUT2D eigenvalue weighted by Gasteiger charge is -2.35. The van der Waals surface area contributed by atoms with Crippen molar-refractivity contribution in [3.63, 3.8) is 0 Å². The molecule has 0 aromatic carbocycles. The van der Waals surface area contributed by atoms with Crippen molar-refractivity contribution >= 4 is 47.7 Å². The zero-order valence-corrected chi connectivity index (χ0v) is 47.6. The number of rotatable bonds is 25. The quantitative estimate of drug-likeness (QED) is 0.0343. The number of esters is 3. The maximum absolute atomic E-state index is 13.0. The molecule has 0 aliphatic heterocycles. The number of hydrogen-bond donors (Lipinski definition) is 5. The number of ether oxygens (including phenoxy) is 8. The number of alkyl carbamates (subject to hydrolysis) is 1. The normalized spacial score (nSPS) is 25.9. The average molecular weight is 1080 g/mol. The van der Waals surface area contributed by atoms with Gasteiger partial charge >= 0.3 is 30.1 Å². The second-order valence-electron chi connectivity index (χ2n) is 22.7. The summed E-state index contributed by atoms with van der Waals surface area (Å²) in [7, 11) is 2.96. The van der Waals surface area contributed by atoms with Gasteiger partial charge < -0.3 is 64.3 Å². The fourth-order valence-corrected chi connectivity index (χ4v) is 10.5. The Hall–Kier alpha value is -4.60. The number of hydrogen-bond acceptors (Lipinski definition) is 16. The SMILES string of the molecule is CC(=O)C(C)OC(=O)C(C)OC(C)(C)C(=O)NC1CCC(CC2CCC(NC(=O)O)CC2)CC1.COCOC(=O)C(C)OC(=O)C(C)OC(C)(C)C(=O)NC1CCC(CC2CCC(NC(=O)OCC(C)OC)CC2)CC1. The van der Waals surface area contributed by atoms with Crippen molar-refractivity contribution in [2.75, 3.05) is 27.6 Å². The Morgan fingerprint density at radius 3 is 1.18 bits per heavy atom. The van der Waals surface area contributed by atoms with E-state index in [0.717, 1.165) is 103 Å². The molecule has 436 valence electrons. The Labute approximate surface area is 451 Å². The summed E-state index contributed by atoms with van der Waals surface area (Å²) in [5, 5.41) is 20.6. The first kappa shape index (κ1) is 65.7. The summed E-state index contributed by atoms with van der Waals surface area (Å²) >= 11 is 0. The van der Waals surface area contributed by atoms with Crippen LogP contribution in [0.5, 0.6) is 0 Å². The molecule has 0 aromatic rings. The second-order valence-corrected chi connectivity index (χ2v) is 22.7. The van der Waals surface area contributed by atoms with E-state index in [9.17, 15) is 38.4 Å². The molecule has 4 fully saturated rings. The Bertz CT molecular complexity index is 1850. The first-order valence-electron chi connectivity index (χ1n) is 27.7. The highest BCUT2D eigenvalue weighted by molar-refractivity contribution is 5.87. The molecule has 5 atom stereocenters. The van der Waals surface area contributed by atoms with Gasteiger partial charge in [0.05, 0.1) is 6.10 Å². The summed E-state index contributed by atoms with van der Waals surface area (Å²) in [5.74, 6) is -0.398. The molecule has 4 aliphatic rings. The van der Waals surface area contributed by atoms with Crippen LogP contribution in [0.25, 0.3) is 0 Å². The number of carboxylic acid groups (broad SMARTS) is 1. The molecule has 0 radical (unpaired) electrons. The van der Waals surface area contributed by atoms with Gasteiger partial charge in [-0.2, -0.15) is 0 Å². The van der Waals surface area contributed by atoms with E-state index in [1.807, 2.05) is 6.92 Å². The molecule has 5 unspecified atom stereocenters. The average Bonchev–Trinajstić information content (AvgIpc) is 3.36. The molecule has 0 bridgehead atoms. The van der Waals surface area contributed by atoms with E-state index in [-0.39, 0.29) is 67.4 Å². The van der Waals surface area contributed by atoms with Crippen LogP contribution in [0.4, 0.5) is 9.59 Å². The van der Waals surface area contributed by atoms with E-state index in [2.05, 4.69) is 26.0 Å². The van der Waals surface area contributed by atoms with Gasteiger partial charge in [0.2, 0.25) is 0 Å². The largest absolute Gasteiger partial charge is 0.465 e. The van der Waals surface area contributed by atoms with Gasteiger partial charge in [-0.15, -0.1) is 0 Å². The van der Waals surface area contributed by atoms with E-state index in [4.69, 9.17) is 38.3 Å². The molecule has 21 nitrogen and oxygen atoms in total. The second kappa shape index (κ2) is 32.3. The zero-order chi connectivity index (χ0) is 56.8. The molecular formula is C55H94N4O17. The predicted molar refractivity (Wildman–Crippen MR) is 280 cm³/mol. The Morgan fingerprint density at radius 2 is 0.842 bits per heavy atom. The minimum atomic E-state index is -1.27. The van der Waals surface area contributed by atoms with E-state index >= 15 is 0 Å². The molecule has 0 aromatic heterocycles.